The molecule has 2 heterocycles. The fourth-order valence-corrected chi connectivity index (χ4v) is 3.32. The summed E-state index contributed by atoms with van der Waals surface area (Å²) >= 11 is 0. The van der Waals surface area contributed by atoms with Gasteiger partial charge in [0, 0.05) is 19.6 Å². The first kappa shape index (κ1) is 14.4. The summed E-state index contributed by atoms with van der Waals surface area (Å²) in [5.74, 6) is 2.39. The summed E-state index contributed by atoms with van der Waals surface area (Å²) < 4.78 is 5.18. The van der Waals surface area contributed by atoms with Crippen LogP contribution in [0.25, 0.3) is 0 Å². The van der Waals surface area contributed by atoms with Crippen LogP contribution in [0.4, 0.5) is 0 Å². The minimum atomic E-state index is 0.103. The van der Waals surface area contributed by atoms with Gasteiger partial charge in [0.15, 0.2) is 0 Å². The Labute approximate surface area is 125 Å². The molecule has 0 unspecified atom stereocenters. The van der Waals surface area contributed by atoms with Gasteiger partial charge in [0.2, 0.25) is 5.91 Å². The third-order valence-corrected chi connectivity index (χ3v) is 4.46. The number of carbonyl (C=O) groups excluding carboxylic acids is 1. The van der Waals surface area contributed by atoms with Gasteiger partial charge in [-0.05, 0) is 42.6 Å². The molecule has 0 radical (unpaired) electrons. The lowest BCUT2D eigenvalue weighted by Crippen LogP contribution is -2.37. The quantitative estimate of drug-likeness (QED) is 0.827. The smallest absolute Gasteiger partial charge is 0.234 e. The van der Waals surface area contributed by atoms with Crippen LogP contribution in [-0.2, 0) is 11.3 Å². The van der Waals surface area contributed by atoms with Crippen LogP contribution in [0.2, 0.25) is 0 Å². The number of hydrogen-bond donors (Lipinski definition) is 2. The molecule has 1 amide bonds. The zero-order chi connectivity index (χ0) is 14.7. The molecule has 1 aromatic rings. The second-order valence-corrected chi connectivity index (χ2v) is 6.00. The molecule has 114 valence electrons. The lowest BCUT2D eigenvalue weighted by molar-refractivity contribution is -0.122. The maximum Gasteiger partial charge on any atom is 0.234 e. The van der Waals surface area contributed by atoms with E-state index in [1.54, 1.807) is 7.11 Å². The number of ether oxygens (including phenoxy) is 1. The topological polar surface area (TPSA) is 53.6 Å². The number of likely N-dealkylation sites (tertiary alicyclic amines) is 1. The Morgan fingerprint density at radius 2 is 2.14 bits per heavy atom. The molecule has 2 saturated heterocycles. The lowest BCUT2D eigenvalue weighted by atomic mass is 10.0. The zero-order valence-electron chi connectivity index (χ0n) is 12.5. The molecule has 5 nitrogen and oxygen atoms in total. The van der Waals surface area contributed by atoms with E-state index in [0.717, 1.165) is 49.3 Å². The first-order valence-electron chi connectivity index (χ1n) is 7.57. The van der Waals surface area contributed by atoms with Crippen LogP contribution < -0.4 is 15.4 Å². The summed E-state index contributed by atoms with van der Waals surface area (Å²) in [5, 5.41) is 6.41. The van der Waals surface area contributed by atoms with Crippen LogP contribution in [-0.4, -0.2) is 50.6 Å². The van der Waals surface area contributed by atoms with E-state index in [2.05, 4.69) is 15.5 Å². The van der Waals surface area contributed by atoms with E-state index in [0.29, 0.717) is 13.1 Å². The average Bonchev–Trinajstić information content (AvgIpc) is 3.06. The van der Waals surface area contributed by atoms with Gasteiger partial charge in [0.05, 0.1) is 13.7 Å². The van der Waals surface area contributed by atoms with Crippen LogP contribution in [0.15, 0.2) is 24.3 Å². The number of benzene rings is 1. The van der Waals surface area contributed by atoms with Gasteiger partial charge in [-0.15, -0.1) is 0 Å². The van der Waals surface area contributed by atoms with Crippen LogP contribution in [0.5, 0.6) is 5.75 Å². The van der Waals surface area contributed by atoms with Crippen LogP contribution in [0.3, 0.4) is 0 Å². The van der Waals surface area contributed by atoms with E-state index >= 15 is 0 Å². The summed E-state index contributed by atoms with van der Waals surface area (Å²) in [6.45, 7) is 5.36. The Morgan fingerprint density at radius 3 is 2.86 bits per heavy atom. The first-order chi connectivity index (χ1) is 10.2. The van der Waals surface area contributed by atoms with Gasteiger partial charge in [-0.3, -0.25) is 9.69 Å². The van der Waals surface area contributed by atoms with Crippen molar-refractivity contribution in [1.29, 1.82) is 0 Å². The monoisotopic (exact) mass is 289 g/mol. The Morgan fingerprint density at radius 1 is 1.38 bits per heavy atom. The van der Waals surface area contributed by atoms with Gasteiger partial charge in [0.25, 0.3) is 0 Å². The van der Waals surface area contributed by atoms with E-state index in [1.165, 1.54) is 0 Å². The number of rotatable bonds is 5. The molecular weight excluding hydrogens is 266 g/mol. The highest BCUT2D eigenvalue weighted by Crippen LogP contribution is 2.25. The third-order valence-electron chi connectivity index (χ3n) is 4.46. The minimum Gasteiger partial charge on any atom is -0.497 e. The van der Waals surface area contributed by atoms with E-state index in [9.17, 15) is 4.79 Å². The van der Waals surface area contributed by atoms with Crippen LogP contribution >= 0.6 is 0 Å². The van der Waals surface area contributed by atoms with Crippen LogP contribution in [0.1, 0.15) is 5.56 Å². The van der Waals surface area contributed by atoms with Gasteiger partial charge in [-0.1, -0.05) is 12.1 Å². The van der Waals surface area contributed by atoms with Crippen molar-refractivity contribution in [1.82, 2.24) is 15.5 Å². The molecule has 0 spiro atoms. The number of carbonyl (C=O) groups is 1. The molecule has 2 N–H and O–H groups in total. The molecule has 0 aliphatic carbocycles. The molecule has 0 aromatic heterocycles. The van der Waals surface area contributed by atoms with Crippen molar-refractivity contribution in [2.45, 2.75) is 6.54 Å². The van der Waals surface area contributed by atoms with Crippen molar-refractivity contribution in [3.63, 3.8) is 0 Å². The van der Waals surface area contributed by atoms with E-state index < -0.39 is 0 Å². The van der Waals surface area contributed by atoms with Gasteiger partial charge >= 0.3 is 0 Å². The lowest BCUT2D eigenvalue weighted by Gasteiger charge is -2.16. The summed E-state index contributed by atoms with van der Waals surface area (Å²) in [6, 6.07) is 7.79. The number of methoxy groups -OCH3 is 1. The Hall–Kier alpha value is -1.59. The summed E-state index contributed by atoms with van der Waals surface area (Å²) in [5.41, 5.74) is 1.06. The molecule has 0 bridgehead atoms. The van der Waals surface area contributed by atoms with E-state index in [4.69, 9.17) is 4.74 Å². The maximum absolute atomic E-state index is 12.0. The summed E-state index contributed by atoms with van der Waals surface area (Å²) in [7, 11) is 1.65. The molecule has 21 heavy (non-hydrogen) atoms. The highest BCUT2D eigenvalue weighted by Gasteiger charge is 2.36. The second kappa shape index (κ2) is 6.45. The van der Waals surface area contributed by atoms with Crippen molar-refractivity contribution in [3.8, 4) is 5.75 Å². The standard InChI is InChI=1S/C16H23N3O2/c1-21-15-4-2-3-12(5-15)6-18-16(20)11-19-9-13-7-17-8-14(13)10-19/h2-5,13-14,17H,6-11H2,1H3,(H,18,20)/t13-,14+. The fourth-order valence-electron chi connectivity index (χ4n) is 3.32. The predicted molar refractivity (Wildman–Crippen MR) is 81.1 cm³/mol. The highest BCUT2D eigenvalue weighted by atomic mass is 16.5. The van der Waals surface area contributed by atoms with E-state index in [1.807, 2.05) is 24.3 Å². The van der Waals surface area contributed by atoms with Crippen molar-refractivity contribution >= 4 is 5.91 Å². The number of fused-ring (bicyclic) bond motifs is 1. The molecule has 2 atom stereocenters. The highest BCUT2D eigenvalue weighted by molar-refractivity contribution is 5.78. The first-order valence-corrected chi connectivity index (χ1v) is 7.57. The fraction of sp³-hybridized carbons (Fsp3) is 0.562. The van der Waals surface area contributed by atoms with Gasteiger partial charge < -0.3 is 15.4 Å². The zero-order valence-corrected chi connectivity index (χ0v) is 12.5. The average molecular weight is 289 g/mol. The van der Waals surface area contributed by atoms with Crippen molar-refractivity contribution in [2.24, 2.45) is 11.8 Å². The molecule has 2 aliphatic heterocycles. The van der Waals surface area contributed by atoms with Crippen molar-refractivity contribution in [2.75, 3.05) is 39.8 Å². The van der Waals surface area contributed by atoms with Gasteiger partial charge in [-0.2, -0.15) is 0 Å². The predicted octanol–water partition coefficient (Wildman–Crippen LogP) is 0.463. The SMILES string of the molecule is COc1cccc(CNC(=O)CN2C[C@H]3CNC[C@H]3C2)c1. The van der Waals surface area contributed by atoms with E-state index in [-0.39, 0.29) is 5.91 Å². The summed E-state index contributed by atoms with van der Waals surface area (Å²) in [6.07, 6.45) is 0. The molecular formula is C16H23N3O2. The number of nitrogens with zero attached hydrogens (tertiary/aromatic N) is 1. The number of amides is 1. The largest absolute Gasteiger partial charge is 0.497 e. The Kier molecular flexibility index (Phi) is 4.41. The molecule has 1 aromatic carbocycles. The Bertz CT molecular complexity index is 494. The van der Waals surface area contributed by atoms with Gasteiger partial charge in [0.1, 0.15) is 5.75 Å². The number of hydrogen-bond acceptors (Lipinski definition) is 4. The minimum absolute atomic E-state index is 0.103. The Balaban J connectivity index is 1.44. The molecule has 3 rings (SSSR count). The molecule has 2 fully saturated rings. The van der Waals surface area contributed by atoms with Gasteiger partial charge in [-0.25, -0.2) is 0 Å². The second-order valence-electron chi connectivity index (χ2n) is 6.00. The molecule has 0 saturated carbocycles. The number of nitrogens with one attached hydrogen (secondary N) is 2. The van der Waals surface area contributed by atoms with Crippen LogP contribution in [0, 0.1) is 11.8 Å². The summed E-state index contributed by atoms with van der Waals surface area (Å²) in [4.78, 5) is 14.3. The van der Waals surface area contributed by atoms with Crippen molar-refractivity contribution < 1.29 is 9.53 Å². The van der Waals surface area contributed by atoms with Crippen molar-refractivity contribution in [3.05, 3.63) is 29.8 Å². The molecule has 5 heteroatoms. The molecule has 2 aliphatic rings. The maximum atomic E-state index is 12.0. The normalized spacial score (nSPS) is 24.8. The third kappa shape index (κ3) is 3.54.